The van der Waals surface area contributed by atoms with E-state index in [9.17, 15) is 22.8 Å². The maximum absolute atomic E-state index is 12.5. The molecule has 0 aliphatic carbocycles. The quantitative estimate of drug-likeness (QED) is 0.611. The van der Waals surface area contributed by atoms with Crippen molar-refractivity contribution in [2.24, 2.45) is 0 Å². The first-order valence-corrected chi connectivity index (χ1v) is 9.22. The Hall–Kier alpha value is -3.21. The molecule has 152 valence electrons. The van der Waals surface area contributed by atoms with Gasteiger partial charge in [-0.3, -0.25) is 19.6 Å². The summed E-state index contributed by atoms with van der Waals surface area (Å²) in [5, 5.41) is 7.91. The van der Waals surface area contributed by atoms with Crippen LogP contribution in [0.4, 0.5) is 18.3 Å². The minimum absolute atomic E-state index is 0.332. The van der Waals surface area contributed by atoms with E-state index in [1.165, 1.54) is 18.3 Å². The number of nitrogens with one attached hydrogen (secondary N) is 1. The van der Waals surface area contributed by atoms with Crippen LogP contribution in [0.1, 0.15) is 12.6 Å². The van der Waals surface area contributed by atoms with E-state index in [-0.39, 0.29) is 0 Å². The number of halogens is 3. The summed E-state index contributed by atoms with van der Waals surface area (Å²) < 4.78 is 43.3. The third kappa shape index (κ3) is 5.41. The number of nitrogens with zero attached hydrogens (tertiary/aromatic N) is 3. The van der Waals surface area contributed by atoms with Crippen LogP contribution in [0, 0.1) is 0 Å². The van der Waals surface area contributed by atoms with E-state index in [0.29, 0.717) is 10.8 Å². The van der Waals surface area contributed by atoms with Crippen LogP contribution in [0.15, 0.2) is 48.0 Å². The Morgan fingerprint density at radius 2 is 1.97 bits per heavy atom. The minimum Gasteiger partial charge on any atom is -0.451 e. The number of alkyl halides is 3. The molecule has 2 aromatic heterocycles. The largest absolute Gasteiger partial charge is 0.451 e. The van der Waals surface area contributed by atoms with Crippen molar-refractivity contribution in [2.45, 2.75) is 25.7 Å². The van der Waals surface area contributed by atoms with Gasteiger partial charge in [-0.25, -0.2) is 4.98 Å². The predicted octanol–water partition coefficient (Wildman–Crippen LogP) is 3.60. The van der Waals surface area contributed by atoms with E-state index in [1.54, 1.807) is 5.38 Å². The van der Waals surface area contributed by atoms with Crippen molar-refractivity contribution in [1.82, 2.24) is 14.8 Å². The number of carbonyl (C=O) groups is 2. The normalized spacial score (nSPS) is 12.4. The second-order valence-electron chi connectivity index (χ2n) is 5.92. The van der Waals surface area contributed by atoms with Crippen LogP contribution in [0.5, 0.6) is 0 Å². The lowest BCUT2D eigenvalue weighted by Gasteiger charge is -2.12. The van der Waals surface area contributed by atoms with Gasteiger partial charge in [0.1, 0.15) is 6.54 Å². The Kier molecular flexibility index (Phi) is 5.97. The number of amides is 1. The lowest BCUT2D eigenvalue weighted by Crippen LogP contribution is -2.31. The van der Waals surface area contributed by atoms with Crippen molar-refractivity contribution in [1.29, 1.82) is 0 Å². The first-order chi connectivity index (χ1) is 13.7. The van der Waals surface area contributed by atoms with Crippen molar-refractivity contribution in [3.63, 3.8) is 0 Å². The number of hydrogen-bond donors (Lipinski definition) is 1. The number of rotatable bonds is 6. The Labute approximate surface area is 167 Å². The van der Waals surface area contributed by atoms with E-state index in [2.05, 4.69) is 15.4 Å². The molecule has 11 heteroatoms. The Morgan fingerprint density at radius 1 is 1.24 bits per heavy atom. The second-order valence-corrected chi connectivity index (χ2v) is 6.78. The zero-order chi connectivity index (χ0) is 21.0. The number of hydrogen-bond acceptors (Lipinski definition) is 6. The first-order valence-electron chi connectivity index (χ1n) is 8.34. The van der Waals surface area contributed by atoms with Gasteiger partial charge in [0.15, 0.2) is 16.9 Å². The molecule has 3 rings (SSSR count). The van der Waals surface area contributed by atoms with Gasteiger partial charge in [0.25, 0.3) is 5.91 Å². The zero-order valence-electron chi connectivity index (χ0n) is 15.0. The fourth-order valence-electron chi connectivity index (χ4n) is 2.30. The summed E-state index contributed by atoms with van der Waals surface area (Å²) in [6.07, 6.45) is -4.76. The summed E-state index contributed by atoms with van der Waals surface area (Å²) in [4.78, 5) is 28.4. The van der Waals surface area contributed by atoms with Gasteiger partial charge in [0.2, 0.25) is 0 Å². The molecule has 0 saturated heterocycles. The highest BCUT2D eigenvalue weighted by Gasteiger charge is 2.33. The molecule has 7 nitrogen and oxygen atoms in total. The number of anilines is 1. The van der Waals surface area contributed by atoms with Gasteiger partial charge in [0, 0.05) is 17.1 Å². The highest BCUT2D eigenvalue weighted by atomic mass is 32.1. The summed E-state index contributed by atoms with van der Waals surface area (Å²) in [5.41, 5.74) is 0.463. The number of thiazole rings is 1. The highest BCUT2D eigenvalue weighted by Crippen LogP contribution is 2.27. The molecule has 0 bridgehead atoms. The van der Waals surface area contributed by atoms with Crippen molar-refractivity contribution >= 4 is 28.3 Å². The van der Waals surface area contributed by atoms with Crippen LogP contribution in [0.2, 0.25) is 0 Å². The van der Waals surface area contributed by atoms with Crippen molar-refractivity contribution < 1.29 is 27.5 Å². The molecule has 1 amide bonds. The molecule has 0 aliphatic heterocycles. The van der Waals surface area contributed by atoms with Crippen LogP contribution in [0.25, 0.3) is 11.3 Å². The molecule has 2 heterocycles. The van der Waals surface area contributed by atoms with E-state index in [1.807, 2.05) is 30.3 Å². The van der Waals surface area contributed by atoms with Gasteiger partial charge in [-0.2, -0.15) is 18.3 Å². The molecule has 0 saturated carbocycles. The first kappa shape index (κ1) is 20.5. The van der Waals surface area contributed by atoms with Gasteiger partial charge in [-0.15, -0.1) is 11.3 Å². The summed E-state index contributed by atoms with van der Waals surface area (Å²) in [6, 6.07) is 10.1. The van der Waals surface area contributed by atoms with Gasteiger partial charge in [0.05, 0.1) is 5.69 Å². The molecule has 0 spiro atoms. The van der Waals surface area contributed by atoms with Crippen molar-refractivity contribution in [3.05, 3.63) is 53.7 Å². The number of aromatic nitrogens is 3. The number of ether oxygens (including phenoxy) is 1. The fraction of sp³-hybridized carbons (Fsp3) is 0.222. The molecule has 0 fully saturated rings. The average Bonchev–Trinajstić information content (AvgIpc) is 3.31. The van der Waals surface area contributed by atoms with E-state index >= 15 is 0 Å². The third-order valence-corrected chi connectivity index (χ3v) is 4.46. The van der Waals surface area contributed by atoms with Crippen LogP contribution in [-0.4, -0.2) is 32.7 Å². The topological polar surface area (TPSA) is 86.1 Å². The van der Waals surface area contributed by atoms with Crippen LogP contribution < -0.4 is 5.32 Å². The summed E-state index contributed by atoms with van der Waals surface area (Å²) >= 11 is 1.21. The molecule has 1 N–H and O–H groups in total. The SMILES string of the molecule is CC(OC(=O)Cn1ccc(C(F)(F)F)n1)C(=O)Nc1nc(-c2ccccc2)cs1. The number of carbonyl (C=O) groups excluding carboxylic acids is 2. The molecule has 1 unspecified atom stereocenters. The summed E-state index contributed by atoms with van der Waals surface area (Å²) in [7, 11) is 0. The van der Waals surface area contributed by atoms with Crippen LogP contribution in [-0.2, 0) is 27.0 Å². The highest BCUT2D eigenvalue weighted by molar-refractivity contribution is 7.14. The van der Waals surface area contributed by atoms with E-state index < -0.39 is 36.4 Å². The standard InChI is InChI=1S/C18H15F3N4O3S/c1-11(28-15(26)9-25-8-7-14(24-25)18(19,20)21)16(27)23-17-22-13(10-29-17)12-5-3-2-4-6-12/h2-8,10-11H,9H2,1H3,(H,22,23,27). The monoisotopic (exact) mass is 424 g/mol. The molecule has 1 atom stereocenters. The van der Waals surface area contributed by atoms with Gasteiger partial charge >= 0.3 is 12.1 Å². The fourth-order valence-corrected chi connectivity index (χ4v) is 3.02. The van der Waals surface area contributed by atoms with Crippen LogP contribution >= 0.6 is 11.3 Å². The lowest BCUT2D eigenvalue weighted by atomic mass is 10.2. The lowest BCUT2D eigenvalue weighted by molar-refractivity contribution is -0.154. The minimum atomic E-state index is -4.60. The molecule has 29 heavy (non-hydrogen) atoms. The summed E-state index contributed by atoms with van der Waals surface area (Å²) in [5.74, 6) is -1.50. The smallest absolute Gasteiger partial charge is 0.435 e. The molecule has 0 aliphatic rings. The van der Waals surface area contributed by atoms with E-state index in [4.69, 9.17) is 4.74 Å². The molecule has 1 aromatic carbocycles. The number of benzene rings is 1. The van der Waals surface area contributed by atoms with Gasteiger partial charge in [-0.1, -0.05) is 30.3 Å². The maximum Gasteiger partial charge on any atom is 0.435 e. The van der Waals surface area contributed by atoms with Gasteiger partial charge < -0.3 is 4.74 Å². The zero-order valence-corrected chi connectivity index (χ0v) is 15.8. The molecular weight excluding hydrogens is 409 g/mol. The van der Waals surface area contributed by atoms with E-state index in [0.717, 1.165) is 22.5 Å². The van der Waals surface area contributed by atoms with Crippen molar-refractivity contribution in [2.75, 3.05) is 5.32 Å². The van der Waals surface area contributed by atoms with Crippen LogP contribution in [0.3, 0.4) is 0 Å². The maximum atomic E-state index is 12.5. The predicted molar refractivity (Wildman–Crippen MR) is 99.0 cm³/mol. The Morgan fingerprint density at radius 3 is 2.62 bits per heavy atom. The Bertz CT molecular complexity index is 1000. The van der Waals surface area contributed by atoms with Crippen molar-refractivity contribution in [3.8, 4) is 11.3 Å². The number of esters is 1. The van der Waals surface area contributed by atoms with Gasteiger partial charge in [-0.05, 0) is 13.0 Å². The average molecular weight is 424 g/mol. The Balaban J connectivity index is 1.53. The molecule has 0 radical (unpaired) electrons. The third-order valence-electron chi connectivity index (χ3n) is 3.70. The second kappa shape index (κ2) is 8.43. The summed E-state index contributed by atoms with van der Waals surface area (Å²) in [6.45, 7) is 0.798. The molecular formula is C18H15F3N4O3S. The molecule has 3 aromatic rings.